The number of ketones is 1. The lowest BCUT2D eigenvalue weighted by atomic mass is 9.84. The van der Waals surface area contributed by atoms with Crippen LogP contribution in [0.25, 0.3) is 0 Å². The molecule has 16 heavy (non-hydrogen) atoms. The second-order valence-electron chi connectivity index (χ2n) is 4.99. The first-order valence-corrected chi connectivity index (χ1v) is 6.21. The van der Waals surface area contributed by atoms with Crippen LogP contribution in [0, 0.1) is 0 Å². The standard InChI is InChI=1S/C12H17N3O/c1-8(16)10-6-3-7-11-13-14-12(15(10)11)9-4-2-5-9/h9-10H,2-7H2,1H3. The lowest BCUT2D eigenvalue weighted by molar-refractivity contribution is -0.120. The Morgan fingerprint density at radius 3 is 2.69 bits per heavy atom. The molecule has 0 saturated heterocycles. The molecule has 0 spiro atoms. The van der Waals surface area contributed by atoms with Gasteiger partial charge in [0.05, 0.1) is 6.04 Å². The maximum Gasteiger partial charge on any atom is 0.152 e. The molecule has 4 heteroatoms. The molecule has 2 heterocycles. The van der Waals surface area contributed by atoms with Crippen molar-refractivity contribution < 1.29 is 4.79 Å². The molecule has 2 aliphatic rings. The van der Waals surface area contributed by atoms with Gasteiger partial charge in [-0.1, -0.05) is 6.42 Å². The first kappa shape index (κ1) is 10.00. The molecule has 0 N–H and O–H groups in total. The van der Waals surface area contributed by atoms with E-state index in [0.717, 1.165) is 30.9 Å². The minimum atomic E-state index is 0.00866. The Morgan fingerprint density at radius 2 is 2.06 bits per heavy atom. The highest BCUT2D eigenvalue weighted by Gasteiger charge is 2.32. The molecular formula is C12H17N3O. The van der Waals surface area contributed by atoms with Crippen molar-refractivity contribution in [1.29, 1.82) is 0 Å². The van der Waals surface area contributed by atoms with Gasteiger partial charge in [0.25, 0.3) is 0 Å². The van der Waals surface area contributed by atoms with Crippen molar-refractivity contribution in [2.24, 2.45) is 0 Å². The van der Waals surface area contributed by atoms with Crippen molar-refractivity contribution in [2.75, 3.05) is 0 Å². The summed E-state index contributed by atoms with van der Waals surface area (Å²) in [6, 6.07) is 0.00866. The van der Waals surface area contributed by atoms with Gasteiger partial charge in [-0.15, -0.1) is 10.2 Å². The predicted molar refractivity (Wildman–Crippen MR) is 59.3 cm³/mol. The number of hydrogen-bond acceptors (Lipinski definition) is 3. The van der Waals surface area contributed by atoms with Gasteiger partial charge in [-0.3, -0.25) is 4.79 Å². The van der Waals surface area contributed by atoms with Crippen LogP contribution in [0.2, 0.25) is 0 Å². The summed E-state index contributed by atoms with van der Waals surface area (Å²) in [5, 5.41) is 8.57. The first-order chi connectivity index (χ1) is 7.77. The minimum absolute atomic E-state index is 0.00866. The van der Waals surface area contributed by atoms with E-state index >= 15 is 0 Å². The van der Waals surface area contributed by atoms with E-state index in [1.165, 1.54) is 19.3 Å². The van der Waals surface area contributed by atoms with Gasteiger partial charge in [0.15, 0.2) is 5.78 Å². The van der Waals surface area contributed by atoms with Gasteiger partial charge in [-0.25, -0.2) is 0 Å². The number of nitrogens with zero attached hydrogens (tertiary/aromatic N) is 3. The van der Waals surface area contributed by atoms with Crippen molar-refractivity contribution in [3.05, 3.63) is 11.6 Å². The molecule has 1 aliphatic heterocycles. The Labute approximate surface area is 95.1 Å². The predicted octanol–water partition coefficient (Wildman–Crippen LogP) is 2.01. The van der Waals surface area contributed by atoms with Gasteiger partial charge in [-0.05, 0) is 32.6 Å². The lowest BCUT2D eigenvalue weighted by Gasteiger charge is -2.30. The second kappa shape index (κ2) is 3.68. The minimum Gasteiger partial charge on any atom is -0.304 e. The number of Topliss-reactive ketones (excluding diaryl/α,β-unsaturated/α-hetero) is 1. The summed E-state index contributed by atoms with van der Waals surface area (Å²) in [6.07, 6.45) is 6.71. The molecule has 0 aromatic carbocycles. The fourth-order valence-corrected chi connectivity index (χ4v) is 2.76. The van der Waals surface area contributed by atoms with Gasteiger partial charge in [0.1, 0.15) is 11.6 Å². The zero-order valence-corrected chi connectivity index (χ0v) is 9.65. The van der Waals surface area contributed by atoms with E-state index in [-0.39, 0.29) is 11.8 Å². The Balaban J connectivity index is 2.01. The van der Waals surface area contributed by atoms with Gasteiger partial charge in [0, 0.05) is 12.3 Å². The number of carbonyl (C=O) groups is 1. The van der Waals surface area contributed by atoms with Gasteiger partial charge < -0.3 is 4.57 Å². The van der Waals surface area contributed by atoms with Gasteiger partial charge in [-0.2, -0.15) is 0 Å². The number of aromatic nitrogens is 3. The summed E-state index contributed by atoms with van der Waals surface area (Å²) in [4.78, 5) is 11.7. The lowest BCUT2D eigenvalue weighted by Crippen LogP contribution is -2.27. The normalized spacial score (nSPS) is 24.9. The third-order valence-electron chi connectivity index (χ3n) is 3.92. The molecule has 1 aromatic rings. The summed E-state index contributed by atoms with van der Waals surface area (Å²) in [7, 11) is 0. The van der Waals surface area contributed by atoms with E-state index in [0.29, 0.717) is 5.92 Å². The zero-order chi connectivity index (χ0) is 11.1. The van der Waals surface area contributed by atoms with Crippen LogP contribution in [-0.4, -0.2) is 20.5 Å². The molecule has 0 radical (unpaired) electrons. The summed E-state index contributed by atoms with van der Waals surface area (Å²) >= 11 is 0. The fourth-order valence-electron chi connectivity index (χ4n) is 2.76. The number of aryl methyl sites for hydroxylation is 1. The molecule has 1 atom stereocenters. The zero-order valence-electron chi connectivity index (χ0n) is 9.65. The molecule has 1 aromatic heterocycles. The number of hydrogen-bond donors (Lipinski definition) is 0. The van der Waals surface area contributed by atoms with Crippen molar-refractivity contribution in [3.8, 4) is 0 Å². The van der Waals surface area contributed by atoms with Crippen LogP contribution in [0.5, 0.6) is 0 Å². The maximum absolute atomic E-state index is 11.7. The molecule has 0 amide bonds. The van der Waals surface area contributed by atoms with Crippen LogP contribution in [0.1, 0.15) is 62.6 Å². The number of rotatable bonds is 2. The monoisotopic (exact) mass is 219 g/mol. The van der Waals surface area contributed by atoms with Crippen molar-refractivity contribution in [1.82, 2.24) is 14.8 Å². The summed E-state index contributed by atoms with van der Waals surface area (Å²) < 4.78 is 2.13. The van der Waals surface area contributed by atoms with Crippen LogP contribution in [0.15, 0.2) is 0 Å². The van der Waals surface area contributed by atoms with Crippen molar-refractivity contribution >= 4 is 5.78 Å². The van der Waals surface area contributed by atoms with E-state index < -0.39 is 0 Å². The third kappa shape index (κ3) is 1.39. The van der Waals surface area contributed by atoms with E-state index in [4.69, 9.17) is 0 Å². The van der Waals surface area contributed by atoms with Crippen LogP contribution < -0.4 is 0 Å². The molecular weight excluding hydrogens is 202 g/mol. The number of carbonyl (C=O) groups excluding carboxylic acids is 1. The van der Waals surface area contributed by atoms with Crippen LogP contribution in [0.3, 0.4) is 0 Å². The Bertz CT molecular complexity index is 420. The van der Waals surface area contributed by atoms with Crippen molar-refractivity contribution in [2.45, 2.75) is 57.4 Å². The fraction of sp³-hybridized carbons (Fsp3) is 0.750. The van der Waals surface area contributed by atoms with Crippen LogP contribution in [-0.2, 0) is 11.2 Å². The topological polar surface area (TPSA) is 47.8 Å². The average Bonchev–Trinajstić information content (AvgIpc) is 2.59. The van der Waals surface area contributed by atoms with Crippen molar-refractivity contribution in [3.63, 3.8) is 0 Å². The molecule has 1 fully saturated rings. The highest BCUT2D eigenvalue weighted by Crippen LogP contribution is 2.38. The van der Waals surface area contributed by atoms with E-state index in [1.54, 1.807) is 6.92 Å². The molecule has 1 saturated carbocycles. The molecule has 1 aliphatic carbocycles. The molecule has 4 nitrogen and oxygen atoms in total. The Kier molecular flexibility index (Phi) is 2.30. The highest BCUT2D eigenvalue weighted by molar-refractivity contribution is 5.80. The maximum atomic E-state index is 11.7. The summed E-state index contributed by atoms with van der Waals surface area (Å²) in [5.41, 5.74) is 0. The summed E-state index contributed by atoms with van der Waals surface area (Å²) in [6.45, 7) is 1.68. The quantitative estimate of drug-likeness (QED) is 0.764. The Hall–Kier alpha value is -1.19. The SMILES string of the molecule is CC(=O)C1CCCc2nnc(C3CCC3)n21. The van der Waals surface area contributed by atoms with Crippen LogP contribution >= 0.6 is 0 Å². The highest BCUT2D eigenvalue weighted by atomic mass is 16.1. The molecule has 0 bridgehead atoms. The first-order valence-electron chi connectivity index (χ1n) is 6.21. The Morgan fingerprint density at radius 1 is 1.25 bits per heavy atom. The smallest absolute Gasteiger partial charge is 0.152 e. The van der Waals surface area contributed by atoms with E-state index in [9.17, 15) is 4.79 Å². The van der Waals surface area contributed by atoms with Gasteiger partial charge >= 0.3 is 0 Å². The van der Waals surface area contributed by atoms with E-state index in [2.05, 4.69) is 14.8 Å². The molecule has 86 valence electrons. The third-order valence-corrected chi connectivity index (χ3v) is 3.92. The largest absolute Gasteiger partial charge is 0.304 e. The van der Waals surface area contributed by atoms with Crippen LogP contribution in [0.4, 0.5) is 0 Å². The van der Waals surface area contributed by atoms with E-state index in [1.807, 2.05) is 0 Å². The second-order valence-corrected chi connectivity index (χ2v) is 4.99. The molecule has 3 rings (SSSR count). The summed E-state index contributed by atoms with van der Waals surface area (Å²) in [5.74, 6) is 2.90. The molecule has 1 unspecified atom stereocenters. The average molecular weight is 219 g/mol. The van der Waals surface area contributed by atoms with Gasteiger partial charge in [0.2, 0.25) is 0 Å². The number of fused-ring (bicyclic) bond motifs is 1.